The first-order valence-electron chi connectivity index (χ1n) is 9.29. The van der Waals surface area contributed by atoms with E-state index >= 15 is 0 Å². The van der Waals surface area contributed by atoms with E-state index in [-0.39, 0.29) is 17.8 Å². The Bertz CT molecular complexity index is 958. The molecule has 0 saturated carbocycles. The third kappa shape index (κ3) is 5.83. The highest BCUT2D eigenvalue weighted by Gasteiger charge is 2.18. The van der Waals surface area contributed by atoms with Crippen molar-refractivity contribution in [3.63, 3.8) is 0 Å². The van der Waals surface area contributed by atoms with Crippen LogP contribution < -0.4 is 10.1 Å². The molecule has 3 aromatic rings. The molecule has 3 rings (SSSR count). The van der Waals surface area contributed by atoms with E-state index in [4.69, 9.17) is 4.74 Å². The van der Waals surface area contributed by atoms with Gasteiger partial charge in [0.05, 0.1) is 5.75 Å². The van der Waals surface area contributed by atoms with E-state index < -0.39 is 0 Å². The number of amides is 1. The fraction of sp³-hybridized carbons (Fsp3) is 0.286. The second-order valence-corrected chi connectivity index (χ2v) is 8.36. The van der Waals surface area contributed by atoms with Gasteiger partial charge in [0.1, 0.15) is 5.75 Å². The number of hydrogen-bond donors (Lipinski definition) is 1. The number of carbonyl (C=O) groups excluding carboxylic acids is 1. The minimum Gasteiger partial charge on any atom is -0.483 e. The van der Waals surface area contributed by atoms with E-state index in [9.17, 15) is 4.79 Å². The second kappa shape index (κ2) is 9.93. The number of ether oxygens (including phenoxy) is 1. The van der Waals surface area contributed by atoms with E-state index in [2.05, 4.69) is 50.5 Å². The van der Waals surface area contributed by atoms with Gasteiger partial charge in [-0.2, -0.15) is 0 Å². The maximum Gasteiger partial charge on any atom is 0.234 e. The molecule has 2 aromatic carbocycles. The summed E-state index contributed by atoms with van der Waals surface area (Å²) in [5, 5.41) is 12.0. The third-order valence-corrected chi connectivity index (χ3v) is 5.89. The first-order valence-corrected chi connectivity index (χ1v) is 11.1. The molecule has 0 aliphatic carbocycles. The molecular formula is C21H23BrN4O2S. The van der Waals surface area contributed by atoms with E-state index in [0.29, 0.717) is 11.0 Å². The fourth-order valence-corrected chi connectivity index (χ4v) is 3.71. The number of nitrogens with zero attached hydrogens (tertiary/aromatic N) is 3. The summed E-state index contributed by atoms with van der Waals surface area (Å²) in [4.78, 5) is 12.2. The number of aromatic nitrogens is 3. The van der Waals surface area contributed by atoms with Crippen LogP contribution in [0.4, 0.5) is 5.69 Å². The largest absolute Gasteiger partial charge is 0.483 e. The highest BCUT2D eigenvalue weighted by molar-refractivity contribution is 9.10. The van der Waals surface area contributed by atoms with Gasteiger partial charge >= 0.3 is 0 Å². The smallest absolute Gasteiger partial charge is 0.234 e. The van der Waals surface area contributed by atoms with E-state index in [1.54, 1.807) is 0 Å². The summed E-state index contributed by atoms with van der Waals surface area (Å²) >= 11 is 4.72. The number of halogens is 1. The van der Waals surface area contributed by atoms with Crippen molar-refractivity contribution >= 4 is 39.3 Å². The molecule has 0 fully saturated rings. The van der Waals surface area contributed by atoms with Crippen molar-refractivity contribution in [2.24, 2.45) is 7.05 Å². The van der Waals surface area contributed by atoms with Crippen molar-refractivity contribution in [2.75, 3.05) is 11.1 Å². The number of carbonyl (C=O) groups is 1. The predicted octanol–water partition coefficient (Wildman–Crippen LogP) is 5.01. The molecule has 1 amide bonds. The lowest BCUT2D eigenvalue weighted by atomic mass is 10.2. The van der Waals surface area contributed by atoms with Crippen molar-refractivity contribution in [3.8, 4) is 5.75 Å². The van der Waals surface area contributed by atoms with E-state index in [1.807, 2.05) is 54.9 Å². The molecule has 1 aromatic heterocycles. The molecule has 1 N–H and O–H groups in total. The van der Waals surface area contributed by atoms with E-state index in [1.165, 1.54) is 17.3 Å². The maximum atomic E-state index is 12.2. The molecule has 0 unspecified atom stereocenters. The molecule has 6 nitrogen and oxygen atoms in total. The zero-order valence-electron chi connectivity index (χ0n) is 16.6. The Morgan fingerprint density at radius 3 is 2.52 bits per heavy atom. The number of rotatable bonds is 8. The van der Waals surface area contributed by atoms with Crippen LogP contribution in [-0.4, -0.2) is 26.4 Å². The van der Waals surface area contributed by atoms with Crippen LogP contribution in [0.3, 0.4) is 0 Å². The Balaban J connectivity index is 1.56. The summed E-state index contributed by atoms with van der Waals surface area (Å²) in [6.45, 7) is 4.06. The third-order valence-electron chi connectivity index (χ3n) is 4.34. The number of anilines is 1. The molecule has 0 spiro atoms. The second-order valence-electron chi connectivity index (χ2n) is 6.50. The van der Waals surface area contributed by atoms with Gasteiger partial charge in [0.25, 0.3) is 0 Å². The summed E-state index contributed by atoms with van der Waals surface area (Å²) in [7, 11) is 1.88. The Kier molecular flexibility index (Phi) is 7.33. The molecule has 0 aliphatic rings. The zero-order chi connectivity index (χ0) is 20.8. The van der Waals surface area contributed by atoms with Gasteiger partial charge in [-0.05, 0) is 55.3 Å². The summed E-state index contributed by atoms with van der Waals surface area (Å²) in [5.41, 5.74) is 2.03. The van der Waals surface area contributed by atoms with Gasteiger partial charge in [0.2, 0.25) is 5.91 Å². The lowest BCUT2D eigenvalue weighted by molar-refractivity contribution is -0.113. The van der Waals surface area contributed by atoms with Crippen molar-refractivity contribution in [3.05, 3.63) is 64.4 Å². The number of hydrogen-bond acceptors (Lipinski definition) is 5. The number of nitrogens with one attached hydrogen (secondary N) is 1. The standard InChI is InChI=1S/C21H23BrN4O2S/c1-4-15-5-11-18(12-6-15)28-14(2)20-24-25-21(26(20)3)29-13-19(27)23-17-9-7-16(22)8-10-17/h5-12,14H,4,13H2,1-3H3,(H,23,27)/t14-/m1/s1. The minimum absolute atomic E-state index is 0.0952. The lowest BCUT2D eigenvalue weighted by Crippen LogP contribution is -2.14. The molecule has 29 heavy (non-hydrogen) atoms. The number of thioether (sulfide) groups is 1. The van der Waals surface area contributed by atoms with Crippen molar-refractivity contribution in [1.29, 1.82) is 0 Å². The topological polar surface area (TPSA) is 69.0 Å². The summed E-state index contributed by atoms with van der Waals surface area (Å²) in [5.74, 6) is 1.65. The quantitative estimate of drug-likeness (QED) is 0.464. The number of aryl methyl sites for hydroxylation is 1. The normalized spacial score (nSPS) is 11.9. The molecule has 1 heterocycles. The Labute approximate surface area is 183 Å². The molecule has 0 saturated heterocycles. The molecule has 152 valence electrons. The van der Waals surface area contributed by atoms with Gasteiger partial charge in [-0.25, -0.2) is 0 Å². The molecular weight excluding hydrogens is 452 g/mol. The SMILES string of the molecule is CCc1ccc(O[C@H](C)c2nnc(SCC(=O)Nc3ccc(Br)cc3)n2C)cc1. The van der Waals surface area contributed by atoms with Gasteiger partial charge in [-0.15, -0.1) is 10.2 Å². The lowest BCUT2D eigenvalue weighted by Gasteiger charge is -2.14. The molecule has 0 aliphatic heterocycles. The van der Waals surface area contributed by atoms with Gasteiger partial charge < -0.3 is 14.6 Å². The van der Waals surface area contributed by atoms with Crippen LogP contribution in [-0.2, 0) is 18.3 Å². The van der Waals surface area contributed by atoms with Gasteiger partial charge in [0.15, 0.2) is 17.1 Å². The fourth-order valence-electron chi connectivity index (χ4n) is 2.73. The predicted molar refractivity (Wildman–Crippen MR) is 119 cm³/mol. The average molecular weight is 475 g/mol. The maximum absolute atomic E-state index is 12.2. The van der Waals surface area contributed by atoms with Crippen LogP contribution in [0.1, 0.15) is 31.3 Å². The molecule has 0 bridgehead atoms. The van der Waals surface area contributed by atoms with Gasteiger partial charge in [0, 0.05) is 17.2 Å². The monoisotopic (exact) mass is 474 g/mol. The van der Waals surface area contributed by atoms with Crippen molar-refractivity contribution < 1.29 is 9.53 Å². The van der Waals surface area contributed by atoms with Crippen LogP contribution in [0.5, 0.6) is 5.75 Å². The highest BCUT2D eigenvalue weighted by Crippen LogP contribution is 2.24. The highest BCUT2D eigenvalue weighted by atomic mass is 79.9. The van der Waals surface area contributed by atoms with Crippen LogP contribution in [0.2, 0.25) is 0 Å². The average Bonchev–Trinajstić information content (AvgIpc) is 3.09. The molecule has 8 heteroatoms. The Morgan fingerprint density at radius 1 is 1.17 bits per heavy atom. The number of benzene rings is 2. The van der Waals surface area contributed by atoms with Gasteiger partial charge in [-0.3, -0.25) is 4.79 Å². The van der Waals surface area contributed by atoms with Crippen LogP contribution in [0, 0.1) is 0 Å². The summed E-state index contributed by atoms with van der Waals surface area (Å²) in [6, 6.07) is 15.5. The molecule has 1 atom stereocenters. The summed E-state index contributed by atoms with van der Waals surface area (Å²) < 4.78 is 8.82. The van der Waals surface area contributed by atoms with Crippen molar-refractivity contribution in [1.82, 2.24) is 14.8 Å². The van der Waals surface area contributed by atoms with E-state index in [0.717, 1.165) is 22.3 Å². The van der Waals surface area contributed by atoms with Crippen LogP contribution in [0.15, 0.2) is 58.2 Å². The van der Waals surface area contributed by atoms with Crippen LogP contribution in [0.25, 0.3) is 0 Å². The van der Waals surface area contributed by atoms with Crippen LogP contribution >= 0.6 is 27.7 Å². The Morgan fingerprint density at radius 2 is 1.86 bits per heavy atom. The first kappa shape index (κ1) is 21.4. The minimum atomic E-state index is -0.258. The first-order chi connectivity index (χ1) is 14.0. The Hall–Kier alpha value is -2.32. The van der Waals surface area contributed by atoms with Gasteiger partial charge in [-0.1, -0.05) is 46.7 Å². The zero-order valence-corrected chi connectivity index (χ0v) is 19.0. The summed E-state index contributed by atoms with van der Waals surface area (Å²) in [6.07, 6.45) is 0.737. The van der Waals surface area contributed by atoms with Crippen molar-refractivity contribution in [2.45, 2.75) is 31.5 Å². The molecule has 0 radical (unpaired) electrons.